The molecule has 0 fully saturated rings. The number of halogens is 1. The molecule has 0 aromatic heterocycles. The van der Waals surface area contributed by atoms with E-state index in [1.54, 1.807) is 7.11 Å². The fourth-order valence-electron chi connectivity index (χ4n) is 2.18. The Morgan fingerprint density at radius 3 is 2.50 bits per heavy atom. The highest BCUT2D eigenvalue weighted by molar-refractivity contribution is 6.32. The molecule has 1 N–H and O–H groups in total. The lowest BCUT2D eigenvalue weighted by Gasteiger charge is -2.41. The molecule has 4 heteroatoms. The predicted octanol–water partition coefficient (Wildman–Crippen LogP) is 3.73. The molecule has 1 atom stereocenters. The Hall–Kier alpha value is -0.770. The quantitative estimate of drug-likeness (QED) is 0.830. The summed E-state index contributed by atoms with van der Waals surface area (Å²) in [5.41, 5.74) is 1.17. The molecule has 0 spiro atoms. The summed E-state index contributed by atoms with van der Waals surface area (Å²) in [4.78, 5) is 2.24. The minimum atomic E-state index is -0.0198. The Morgan fingerprint density at radius 1 is 1.35 bits per heavy atom. The Morgan fingerprint density at radius 2 is 2.00 bits per heavy atom. The minimum absolute atomic E-state index is 0.0198. The molecule has 1 rings (SSSR count). The molecule has 0 heterocycles. The van der Waals surface area contributed by atoms with Gasteiger partial charge in [-0.05, 0) is 58.6 Å². The van der Waals surface area contributed by atoms with Crippen molar-refractivity contribution in [1.29, 1.82) is 0 Å². The number of benzene rings is 1. The Balaban J connectivity index is 3.16. The van der Waals surface area contributed by atoms with E-state index in [2.05, 4.69) is 51.1 Å². The van der Waals surface area contributed by atoms with E-state index in [0.29, 0.717) is 5.02 Å². The zero-order valence-corrected chi connectivity index (χ0v) is 14.2. The van der Waals surface area contributed by atoms with Gasteiger partial charge in [0, 0.05) is 5.54 Å². The van der Waals surface area contributed by atoms with Crippen molar-refractivity contribution in [3.8, 4) is 5.75 Å². The third-order valence-electron chi connectivity index (χ3n) is 3.97. The third kappa shape index (κ3) is 3.87. The van der Waals surface area contributed by atoms with Crippen molar-refractivity contribution in [2.75, 3.05) is 27.7 Å². The van der Waals surface area contributed by atoms with Crippen LogP contribution in [-0.2, 0) is 0 Å². The van der Waals surface area contributed by atoms with Crippen LogP contribution in [0.25, 0.3) is 0 Å². The summed E-state index contributed by atoms with van der Waals surface area (Å²) in [5, 5.41) is 4.28. The van der Waals surface area contributed by atoms with Crippen LogP contribution in [0.15, 0.2) is 18.2 Å². The number of hydrogen-bond acceptors (Lipinski definition) is 3. The summed E-state index contributed by atoms with van der Waals surface area (Å²) >= 11 is 6.13. The lowest BCUT2D eigenvalue weighted by Crippen LogP contribution is -2.49. The van der Waals surface area contributed by atoms with Crippen LogP contribution in [0.3, 0.4) is 0 Å². The highest BCUT2D eigenvalue weighted by Crippen LogP contribution is 2.34. The largest absolute Gasteiger partial charge is 0.495 e. The van der Waals surface area contributed by atoms with Gasteiger partial charge in [-0.1, -0.05) is 24.6 Å². The summed E-state index contributed by atoms with van der Waals surface area (Å²) < 4.78 is 5.34. The van der Waals surface area contributed by atoms with Crippen molar-refractivity contribution < 1.29 is 4.74 Å². The molecule has 0 aliphatic rings. The van der Waals surface area contributed by atoms with E-state index >= 15 is 0 Å². The smallest absolute Gasteiger partial charge is 0.137 e. The van der Waals surface area contributed by atoms with Gasteiger partial charge in [-0.3, -0.25) is 0 Å². The van der Waals surface area contributed by atoms with Gasteiger partial charge in [0.15, 0.2) is 0 Å². The van der Waals surface area contributed by atoms with Gasteiger partial charge in [0.1, 0.15) is 5.75 Å². The second-order valence-corrected chi connectivity index (χ2v) is 6.24. The summed E-state index contributed by atoms with van der Waals surface area (Å²) in [6.45, 7) is 7.63. The van der Waals surface area contributed by atoms with Gasteiger partial charge in [-0.25, -0.2) is 0 Å². The highest BCUT2D eigenvalue weighted by Gasteiger charge is 2.32. The average Bonchev–Trinajstić information content (AvgIpc) is 2.40. The summed E-state index contributed by atoms with van der Waals surface area (Å²) in [7, 11) is 5.86. The first-order chi connectivity index (χ1) is 9.34. The Labute approximate surface area is 128 Å². The first kappa shape index (κ1) is 17.3. The lowest BCUT2D eigenvalue weighted by atomic mass is 9.87. The van der Waals surface area contributed by atoms with Crippen LogP contribution < -0.4 is 10.1 Å². The molecule has 0 radical (unpaired) electrons. The molecule has 20 heavy (non-hydrogen) atoms. The minimum Gasteiger partial charge on any atom is -0.495 e. The predicted molar refractivity (Wildman–Crippen MR) is 86.8 cm³/mol. The molecule has 1 unspecified atom stereocenters. The lowest BCUT2D eigenvalue weighted by molar-refractivity contribution is 0.138. The third-order valence-corrected chi connectivity index (χ3v) is 4.28. The van der Waals surface area contributed by atoms with Gasteiger partial charge in [0.2, 0.25) is 0 Å². The molecule has 0 saturated carbocycles. The average molecular weight is 299 g/mol. The van der Waals surface area contributed by atoms with Gasteiger partial charge in [0.05, 0.1) is 18.2 Å². The molecular formula is C16H27ClN2O. The van der Waals surface area contributed by atoms with E-state index < -0.39 is 0 Å². The number of methoxy groups -OCH3 is 1. The molecular weight excluding hydrogens is 272 g/mol. The van der Waals surface area contributed by atoms with E-state index in [1.807, 2.05) is 12.1 Å². The summed E-state index contributed by atoms with van der Waals surface area (Å²) in [6, 6.07) is 6.22. The van der Waals surface area contributed by atoms with Crippen molar-refractivity contribution in [3.63, 3.8) is 0 Å². The van der Waals surface area contributed by atoms with Crippen molar-refractivity contribution in [1.82, 2.24) is 10.2 Å². The first-order valence-electron chi connectivity index (χ1n) is 7.08. The molecule has 0 aliphatic carbocycles. The fourth-order valence-corrected chi connectivity index (χ4v) is 2.37. The monoisotopic (exact) mass is 298 g/mol. The number of ether oxygens (including phenoxy) is 1. The number of nitrogens with one attached hydrogen (secondary N) is 1. The van der Waals surface area contributed by atoms with E-state index in [1.165, 1.54) is 5.56 Å². The zero-order chi connectivity index (χ0) is 15.3. The van der Waals surface area contributed by atoms with Gasteiger partial charge in [0.25, 0.3) is 0 Å². The first-order valence-corrected chi connectivity index (χ1v) is 7.46. The Kier molecular flexibility index (Phi) is 6.31. The van der Waals surface area contributed by atoms with E-state index in [9.17, 15) is 0 Å². The van der Waals surface area contributed by atoms with Crippen molar-refractivity contribution in [2.24, 2.45) is 0 Å². The summed E-state index contributed by atoms with van der Waals surface area (Å²) in [6.07, 6.45) is 1.10. The number of nitrogens with zero attached hydrogens (tertiary/aromatic N) is 1. The topological polar surface area (TPSA) is 24.5 Å². The fraction of sp³-hybridized carbons (Fsp3) is 0.625. The number of rotatable bonds is 7. The zero-order valence-electron chi connectivity index (χ0n) is 13.5. The van der Waals surface area contributed by atoms with Gasteiger partial charge >= 0.3 is 0 Å². The van der Waals surface area contributed by atoms with E-state index in [-0.39, 0.29) is 11.6 Å². The molecule has 0 aliphatic heterocycles. The second-order valence-electron chi connectivity index (χ2n) is 5.83. The molecule has 0 bridgehead atoms. The molecule has 3 nitrogen and oxygen atoms in total. The maximum atomic E-state index is 6.13. The van der Waals surface area contributed by atoms with Gasteiger partial charge in [-0.15, -0.1) is 0 Å². The SMILES string of the molecule is CCCNC(c1ccc(Cl)c(OC)c1)C(C)(C)N(C)C. The van der Waals surface area contributed by atoms with Crippen LogP contribution in [0.4, 0.5) is 0 Å². The van der Waals surface area contributed by atoms with Gasteiger partial charge < -0.3 is 15.0 Å². The summed E-state index contributed by atoms with van der Waals surface area (Å²) in [5.74, 6) is 0.724. The molecule has 0 saturated heterocycles. The normalized spacial score (nSPS) is 13.6. The van der Waals surface area contributed by atoms with Crippen molar-refractivity contribution in [3.05, 3.63) is 28.8 Å². The van der Waals surface area contributed by atoms with Crippen molar-refractivity contribution in [2.45, 2.75) is 38.8 Å². The van der Waals surface area contributed by atoms with Crippen LogP contribution in [0.1, 0.15) is 38.8 Å². The molecule has 1 aromatic rings. The van der Waals surface area contributed by atoms with Crippen LogP contribution in [-0.4, -0.2) is 38.2 Å². The van der Waals surface area contributed by atoms with Crippen LogP contribution in [0, 0.1) is 0 Å². The molecule has 0 amide bonds. The van der Waals surface area contributed by atoms with Crippen LogP contribution in [0.5, 0.6) is 5.75 Å². The van der Waals surface area contributed by atoms with E-state index in [0.717, 1.165) is 18.7 Å². The van der Waals surface area contributed by atoms with Crippen LogP contribution >= 0.6 is 11.6 Å². The van der Waals surface area contributed by atoms with Gasteiger partial charge in [-0.2, -0.15) is 0 Å². The Bertz CT molecular complexity index is 432. The standard InChI is InChI=1S/C16H27ClN2O/c1-7-10-18-15(16(2,3)19(4)5)12-8-9-13(17)14(11-12)20-6/h8-9,11,15,18H,7,10H2,1-6H3. The number of hydrogen-bond donors (Lipinski definition) is 1. The molecule has 114 valence electrons. The highest BCUT2D eigenvalue weighted by atomic mass is 35.5. The van der Waals surface area contributed by atoms with Crippen molar-refractivity contribution >= 4 is 11.6 Å². The van der Waals surface area contributed by atoms with E-state index in [4.69, 9.17) is 16.3 Å². The maximum Gasteiger partial charge on any atom is 0.137 e. The molecule has 1 aromatic carbocycles. The maximum absolute atomic E-state index is 6.13. The van der Waals surface area contributed by atoms with Crippen LogP contribution in [0.2, 0.25) is 5.02 Å². The number of likely N-dealkylation sites (N-methyl/N-ethyl adjacent to an activating group) is 1. The second kappa shape index (κ2) is 7.30.